The van der Waals surface area contributed by atoms with E-state index < -0.39 is 0 Å². The van der Waals surface area contributed by atoms with Gasteiger partial charge in [0.25, 0.3) is 0 Å². The molecule has 1 atom stereocenters. The first-order chi connectivity index (χ1) is 6.18. The maximum Gasteiger partial charge on any atom is 0.237 e. The van der Waals surface area contributed by atoms with E-state index in [0.29, 0.717) is 0 Å². The van der Waals surface area contributed by atoms with Crippen molar-refractivity contribution in [1.82, 2.24) is 0 Å². The van der Waals surface area contributed by atoms with Gasteiger partial charge in [-0.15, -0.1) is 11.8 Å². The summed E-state index contributed by atoms with van der Waals surface area (Å²) in [5.41, 5.74) is 0.905. The van der Waals surface area contributed by atoms with Crippen LogP contribution in [0.3, 0.4) is 0 Å². The summed E-state index contributed by atoms with van der Waals surface area (Å²) >= 11 is 5.04. The topological polar surface area (TPSA) is 29.1 Å². The molecule has 0 aliphatic carbocycles. The predicted octanol–water partition coefficient (Wildman–Crippen LogP) is 2.88. The predicted molar refractivity (Wildman–Crippen MR) is 58.1 cm³/mol. The zero-order valence-electron chi connectivity index (χ0n) is 7.00. The van der Waals surface area contributed by atoms with Gasteiger partial charge in [-0.25, -0.2) is 0 Å². The molecule has 0 spiro atoms. The van der Waals surface area contributed by atoms with Crippen LogP contribution in [0.2, 0.25) is 0 Å². The van der Waals surface area contributed by atoms with Gasteiger partial charge in [-0.1, -0.05) is 6.07 Å². The summed E-state index contributed by atoms with van der Waals surface area (Å²) in [6, 6.07) is 5.81. The summed E-state index contributed by atoms with van der Waals surface area (Å²) in [6.07, 6.45) is 0. The van der Waals surface area contributed by atoms with E-state index in [9.17, 15) is 4.79 Å². The number of fused-ring (bicyclic) bond motifs is 1. The Kier molecular flexibility index (Phi) is 2.34. The number of benzene rings is 1. The third-order valence-electron chi connectivity index (χ3n) is 1.89. The Labute approximate surface area is 89.2 Å². The minimum atomic E-state index is -0.00815. The molecule has 0 saturated carbocycles. The molecule has 2 nitrogen and oxygen atoms in total. The van der Waals surface area contributed by atoms with Crippen molar-refractivity contribution in [3.05, 3.63) is 22.7 Å². The van der Waals surface area contributed by atoms with E-state index in [-0.39, 0.29) is 11.2 Å². The van der Waals surface area contributed by atoms with E-state index in [0.717, 1.165) is 15.1 Å². The number of halogens is 1. The Bertz CT molecular complexity index is 367. The van der Waals surface area contributed by atoms with Gasteiger partial charge in [0.1, 0.15) is 0 Å². The van der Waals surface area contributed by atoms with Gasteiger partial charge in [0.05, 0.1) is 10.9 Å². The van der Waals surface area contributed by atoms with Crippen LogP contribution in [0.5, 0.6) is 0 Å². The zero-order chi connectivity index (χ0) is 9.42. The van der Waals surface area contributed by atoms with Crippen LogP contribution in [0.1, 0.15) is 6.92 Å². The third kappa shape index (κ3) is 1.60. The summed E-state index contributed by atoms with van der Waals surface area (Å²) in [4.78, 5) is 12.4. The molecule has 1 aliphatic heterocycles. The first-order valence-electron chi connectivity index (χ1n) is 3.94. The molecule has 13 heavy (non-hydrogen) atoms. The van der Waals surface area contributed by atoms with Crippen molar-refractivity contribution in [1.29, 1.82) is 0 Å². The SMILES string of the molecule is CC1Sc2c(Br)cccc2NC1=O. The van der Waals surface area contributed by atoms with E-state index in [4.69, 9.17) is 0 Å². The fourth-order valence-corrected chi connectivity index (χ4v) is 2.78. The maximum atomic E-state index is 11.3. The fourth-order valence-electron chi connectivity index (χ4n) is 1.19. The quantitative estimate of drug-likeness (QED) is 0.775. The Morgan fingerprint density at radius 3 is 3.08 bits per heavy atom. The Balaban J connectivity index is 2.48. The second-order valence-corrected chi connectivity index (χ2v) is 5.07. The summed E-state index contributed by atoms with van der Waals surface area (Å²) in [7, 11) is 0. The fraction of sp³-hybridized carbons (Fsp3) is 0.222. The van der Waals surface area contributed by atoms with Crippen LogP contribution in [0, 0.1) is 0 Å². The van der Waals surface area contributed by atoms with Crippen molar-refractivity contribution < 1.29 is 4.79 Å². The number of hydrogen-bond donors (Lipinski definition) is 1. The monoisotopic (exact) mass is 257 g/mol. The molecule has 1 aliphatic rings. The number of thioether (sulfide) groups is 1. The molecule has 1 aromatic rings. The van der Waals surface area contributed by atoms with E-state index in [2.05, 4.69) is 21.2 Å². The summed E-state index contributed by atoms with van der Waals surface area (Å²) in [5, 5.41) is 2.85. The van der Waals surface area contributed by atoms with Gasteiger partial charge in [-0.3, -0.25) is 4.79 Å². The average Bonchev–Trinajstić information content (AvgIpc) is 2.09. The lowest BCUT2D eigenvalue weighted by Gasteiger charge is -2.21. The van der Waals surface area contributed by atoms with Gasteiger partial charge >= 0.3 is 0 Å². The number of carbonyl (C=O) groups is 1. The smallest absolute Gasteiger partial charge is 0.237 e. The van der Waals surface area contributed by atoms with Crippen LogP contribution in [0.15, 0.2) is 27.6 Å². The highest BCUT2D eigenvalue weighted by atomic mass is 79.9. The number of rotatable bonds is 0. The van der Waals surface area contributed by atoms with Crippen LogP contribution < -0.4 is 5.32 Å². The lowest BCUT2D eigenvalue weighted by molar-refractivity contribution is -0.115. The molecule has 0 bridgehead atoms. The van der Waals surface area contributed by atoms with Crippen molar-refractivity contribution in [2.45, 2.75) is 17.1 Å². The highest BCUT2D eigenvalue weighted by Crippen LogP contribution is 2.40. The zero-order valence-corrected chi connectivity index (χ0v) is 9.41. The second-order valence-electron chi connectivity index (χ2n) is 2.87. The first kappa shape index (κ1) is 9.09. The lowest BCUT2D eigenvalue weighted by Crippen LogP contribution is -2.26. The molecule has 0 fully saturated rings. The third-order valence-corrected chi connectivity index (χ3v) is 4.06. The second kappa shape index (κ2) is 3.35. The van der Waals surface area contributed by atoms with Gasteiger partial charge in [-0.2, -0.15) is 0 Å². The highest BCUT2D eigenvalue weighted by Gasteiger charge is 2.23. The van der Waals surface area contributed by atoms with E-state index >= 15 is 0 Å². The van der Waals surface area contributed by atoms with Crippen molar-refractivity contribution in [3.8, 4) is 0 Å². The highest BCUT2D eigenvalue weighted by molar-refractivity contribution is 9.10. The average molecular weight is 258 g/mol. The molecule has 1 N–H and O–H groups in total. The largest absolute Gasteiger partial charge is 0.324 e. The van der Waals surface area contributed by atoms with Crippen LogP contribution >= 0.6 is 27.7 Å². The first-order valence-corrected chi connectivity index (χ1v) is 5.62. The van der Waals surface area contributed by atoms with Crippen LogP contribution in [0.4, 0.5) is 5.69 Å². The normalized spacial score (nSPS) is 20.8. The van der Waals surface area contributed by atoms with Gasteiger partial charge in [0.15, 0.2) is 0 Å². The molecular weight excluding hydrogens is 250 g/mol. The van der Waals surface area contributed by atoms with Crippen LogP contribution in [0.25, 0.3) is 0 Å². The number of nitrogens with one attached hydrogen (secondary N) is 1. The maximum absolute atomic E-state index is 11.3. The summed E-state index contributed by atoms with van der Waals surface area (Å²) in [5.74, 6) is 0.0793. The van der Waals surface area contributed by atoms with E-state index in [1.807, 2.05) is 25.1 Å². The molecule has 0 saturated heterocycles. The van der Waals surface area contributed by atoms with Crippen molar-refractivity contribution in [3.63, 3.8) is 0 Å². The standard InChI is InChI=1S/C9H8BrNOS/c1-5-9(12)11-7-4-2-3-6(10)8(7)13-5/h2-5H,1H3,(H,11,12). The minimum Gasteiger partial charge on any atom is -0.324 e. The number of hydrogen-bond acceptors (Lipinski definition) is 2. The molecule has 2 rings (SSSR count). The minimum absolute atomic E-state index is 0.00815. The van der Waals surface area contributed by atoms with Gasteiger partial charge in [-0.05, 0) is 35.0 Å². The molecule has 0 aromatic heterocycles. The van der Waals surface area contributed by atoms with E-state index in [1.165, 1.54) is 0 Å². The number of anilines is 1. The van der Waals surface area contributed by atoms with Crippen molar-refractivity contribution in [2.75, 3.05) is 5.32 Å². The van der Waals surface area contributed by atoms with Gasteiger partial charge in [0.2, 0.25) is 5.91 Å². The number of amides is 1. The van der Waals surface area contributed by atoms with Crippen molar-refractivity contribution in [2.24, 2.45) is 0 Å². The van der Waals surface area contributed by atoms with Crippen LogP contribution in [-0.4, -0.2) is 11.2 Å². The van der Waals surface area contributed by atoms with Gasteiger partial charge < -0.3 is 5.32 Å². The lowest BCUT2D eigenvalue weighted by atomic mass is 10.3. The molecule has 1 heterocycles. The summed E-state index contributed by atoms with van der Waals surface area (Å²) < 4.78 is 1.04. The molecule has 1 amide bonds. The van der Waals surface area contributed by atoms with Crippen LogP contribution in [-0.2, 0) is 4.79 Å². The number of carbonyl (C=O) groups excluding carboxylic acids is 1. The van der Waals surface area contributed by atoms with E-state index in [1.54, 1.807) is 11.8 Å². The molecule has 1 aromatic carbocycles. The molecule has 68 valence electrons. The Hall–Kier alpha value is -0.480. The molecule has 0 radical (unpaired) electrons. The Morgan fingerprint density at radius 1 is 1.54 bits per heavy atom. The molecular formula is C9H8BrNOS. The summed E-state index contributed by atoms with van der Waals surface area (Å²) in [6.45, 7) is 1.91. The molecule has 4 heteroatoms. The van der Waals surface area contributed by atoms with Gasteiger partial charge in [0, 0.05) is 9.37 Å². The Morgan fingerprint density at radius 2 is 2.31 bits per heavy atom. The molecule has 1 unspecified atom stereocenters. The van der Waals surface area contributed by atoms with Crippen molar-refractivity contribution >= 4 is 39.3 Å².